The number of rotatable bonds is 9. The molecule has 2 aromatic carbocycles. The summed E-state index contributed by atoms with van der Waals surface area (Å²) in [5.41, 5.74) is 1.36. The summed E-state index contributed by atoms with van der Waals surface area (Å²) in [5, 5.41) is 5.74. The van der Waals surface area contributed by atoms with Gasteiger partial charge < -0.3 is 15.4 Å². The number of esters is 1. The van der Waals surface area contributed by atoms with Crippen molar-refractivity contribution in [3.05, 3.63) is 64.7 Å². The molecular formula is C21H23ClN2O4. The number of amides is 2. The van der Waals surface area contributed by atoms with Gasteiger partial charge in [-0.25, -0.2) is 4.79 Å². The van der Waals surface area contributed by atoms with E-state index in [1.807, 2.05) is 6.92 Å². The zero-order chi connectivity index (χ0) is 20.4. The van der Waals surface area contributed by atoms with Crippen LogP contribution in [0.15, 0.2) is 48.5 Å². The molecule has 0 heterocycles. The van der Waals surface area contributed by atoms with E-state index in [9.17, 15) is 14.4 Å². The Kier molecular flexibility index (Phi) is 8.49. The summed E-state index contributed by atoms with van der Waals surface area (Å²) >= 11 is 5.97. The van der Waals surface area contributed by atoms with Crippen LogP contribution < -0.4 is 10.6 Å². The van der Waals surface area contributed by atoms with Crippen molar-refractivity contribution in [2.75, 3.05) is 18.5 Å². The topological polar surface area (TPSA) is 84.5 Å². The molecule has 7 heteroatoms. The third-order valence-corrected chi connectivity index (χ3v) is 4.22. The standard InChI is InChI=1S/C21H23ClN2O4/c1-2-3-14-28-21(27)15-8-10-16(11-9-15)24-19(25)12-13-23-20(26)17-6-4-5-7-18(17)22/h4-11H,2-3,12-14H2,1H3,(H,23,26)(H,24,25). The summed E-state index contributed by atoms with van der Waals surface area (Å²) in [6.45, 7) is 2.60. The van der Waals surface area contributed by atoms with Gasteiger partial charge in [0.15, 0.2) is 0 Å². The summed E-state index contributed by atoms with van der Waals surface area (Å²) < 4.78 is 5.13. The average Bonchev–Trinajstić information content (AvgIpc) is 2.69. The Morgan fingerprint density at radius 1 is 1.04 bits per heavy atom. The molecular weight excluding hydrogens is 380 g/mol. The van der Waals surface area contributed by atoms with Crippen molar-refractivity contribution >= 4 is 35.1 Å². The van der Waals surface area contributed by atoms with E-state index in [2.05, 4.69) is 10.6 Å². The van der Waals surface area contributed by atoms with E-state index in [1.165, 1.54) is 0 Å². The van der Waals surface area contributed by atoms with Crippen LogP contribution in [-0.4, -0.2) is 30.9 Å². The second-order valence-electron chi connectivity index (χ2n) is 6.10. The van der Waals surface area contributed by atoms with Crippen LogP contribution in [0.3, 0.4) is 0 Å². The van der Waals surface area contributed by atoms with Crippen LogP contribution in [0, 0.1) is 0 Å². The maximum Gasteiger partial charge on any atom is 0.338 e. The summed E-state index contributed by atoms with van der Waals surface area (Å²) in [4.78, 5) is 35.9. The fourth-order valence-corrected chi connectivity index (χ4v) is 2.56. The lowest BCUT2D eigenvalue weighted by atomic mass is 10.2. The van der Waals surface area contributed by atoms with Gasteiger partial charge >= 0.3 is 5.97 Å². The van der Waals surface area contributed by atoms with Gasteiger partial charge in [0.05, 0.1) is 22.8 Å². The van der Waals surface area contributed by atoms with E-state index in [0.29, 0.717) is 28.4 Å². The van der Waals surface area contributed by atoms with Crippen LogP contribution in [0.1, 0.15) is 46.9 Å². The number of hydrogen-bond donors (Lipinski definition) is 2. The monoisotopic (exact) mass is 402 g/mol. The summed E-state index contributed by atoms with van der Waals surface area (Å²) in [6.07, 6.45) is 1.89. The van der Waals surface area contributed by atoms with E-state index < -0.39 is 0 Å². The van der Waals surface area contributed by atoms with Crippen LogP contribution in [0.4, 0.5) is 5.69 Å². The predicted octanol–water partition coefficient (Wildman–Crippen LogP) is 4.06. The largest absolute Gasteiger partial charge is 0.462 e. The lowest BCUT2D eigenvalue weighted by Gasteiger charge is -2.08. The Balaban J connectivity index is 1.76. The second-order valence-corrected chi connectivity index (χ2v) is 6.51. The zero-order valence-electron chi connectivity index (χ0n) is 15.7. The molecule has 0 saturated heterocycles. The Hall–Kier alpha value is -2.86. The lowest BCUT2D eigenvalue weighted by Crippen LogP contribution is -2.27. The number of ether oxygens (including phenoxy) is 1. The number of unbranched alkanes of at least 4 members (excludes halogenated alkanes) is 1. The van der Waals surface area contributed by atoms with Crippen molar-refractivity contribution in [2.45, 2.75) is 26.2 Å². The molecule has 0 spiro atoms. The van der Waals surface area contributed by atoms with Gasteiger partial charge in [0.25, 0.3) is 5.91 Å². The van der Waals surface area contributed by atoms with Crippen molar-refractivity contribution < 1.29 is 19.1 Å². The molecule has 0 aliphatic heterocycles. The Labute approximate surface area is 169 Å². The van der Waals surface area contributed by atoms with Gasteiger partial charge in [-0.15, -0.1) is 0 Å². The molecule has 2 aromatic rings. The maximum absolute atomic E-state index is 12.0. The van der Waals surface area contributed by atoms with E-state index in [-0.39, 0.29) is 30.7 Å². The van der Waals surface area contributed by atoms with Gasteiger partial charge in [-0.2, -0.15) is 0 Å². The lowest BCUT2D eigenvalue weighted by molar-refractivity contribution is -0.116. The predicted molar refractivity (Wildman–Crippen MR) is 109 cm³/mol. The van der Waals surface area contributed by atoms with Crippen LogP contribution in [0.2, 0.25) is 5.02 Å². The normalized spacial score (nSPS) is 10.2. The van der Waals surface area contributed by atoms with Crippen molar-refractivity contribution in [1.82, 2.24) is 5.32 Å². The first-order chi connectivity index (χ1) is 13.5. The average molecular weight is 403 g/mol. The number of hydrogen-bond acceptors (Lipinski definition) is 4. The highest BCUT2D eigenvalue weighted by molar-refractivity contribution is 6.33. The van der Waals surface area contributed by atoms with Gasteiger partial charge in [-0.3, -0.25) is 9.59 Å². The van der Waals surface area contributed by atoms with Crippen molar-refractivity contribution in [2.24, 2.45) is 0 Å². The minimum Gasteiger partial charge on any atom is -0.462 e. The summed E-state index contributed by atoms with van der Waals surface area (Å²) in [7, 11) is 0. The molecule has 6 nitrogen and oxygen atoms in total. The van der Waals surface area contributed by atoms with Gasteiger partial charge in [-0.1, -0.05) is 37.1 Å². The molecule has 28 heavy (non-hydrogen) atoms. The van der Waals surface area contributed by atoms with Crippen LogP contribution in [0.5, 0.6) is 0 Å². The first kappa shape index (κ1) is 21.4. The Bertz CT molecular complexity index is 821. The van der Waals surface area contributed by atoms with Crippen molar-refractivity contribution in [3.8, 4) is 0 Å². The smallest absolute Gasteiger partial charge is 0.338 e. The number of carbonyl (C=O) groups is 3. The van der Waals surface area contributed by atoms with Gasteiger partial charge in [-0.05, 0) is 42.8 Å². The highest BCUT2D eigenvalue weighted by Crippen LogP contribution is 2.14. The number of benzene rings is 2. The van der Waals surface area contributed by atoms with Crippen molar-refractivity contribution in [1.29, 1.82) is 0 Å². The molecule has 0 radical (unpaired) electrons. The SMILES string of the molecule is CCCCOC(=O)c1ccc(NC(=O)CCNC(=O)c2ccccc2Cl)cc1. The van der Waals surface area contributed by atoms with E-state index in [4.69, 9.17) is 16.3 Å². The highest BCUT2D eigenvalue weighted by atomic mass is 35.5. The van der Waals surface area contributed by atoms with E-state index >= 15 is 0 Å². The molecule has 0 aliphatic rings. The zero-order valence-corrected chi connectivity index (χ0v) is 16.4. The number of nitrogens with one attached hydrogen (secondary N) is 2. The van der Waals surface area contributed by atoms with E-state index in [0.717, 1.165) is 12.8 Å². The number of anilines is 1. The second kappa shape index (κ2) is 11.1. The number of carbonyl (C=O) groups excluding carboxylic acids is 3. The minimum atomic E-state index is -0.381. The molecule has 0 bridgehead atoms. The fourth-order valence-electron chi connectivity index (χ4n) is 2.34. The first-order valence-electron chi connectivity index (χ1n) is 9.11. The molecule has 0 aromatic heterocycles. The molecule has 0 unspecified atom stereocenters. The molecule has 0 fully saturated rings. The Morgan fingerprint density at radius 2 is 1.75 bits per heavy atom. The summed E-state index contributed by atoms with van der Waals surface area (Å²) in [6, 6.07) is 13.2. The van der Waals surface area contributed by atoms with Crippen molar-refractivity contribution in [3.63, 3.8) is 0 Å². The van der Waals surface area contributed by atoms with Crippen LogP contribution >= 0.6 is 11.6 Å². The third-order valence-electron chi connectivity index (χ3n) is 3.89. The summed E-state index contributed by atoms with van der Waals surface area (Å²) in [5.74, 6) is -0.962. The fraction of sp³-hybridized carbons (Fsp3) is 0.286. The van der Waals surface area contributed by atoms with Gasteiger partial charge in [0.2, 0.25) is 5.91 Å². The van der Waals surface area contributed by atoms with Gasteiger partial charge in [0, 0.05) is 18.7 Å². The Morgan fingerprint density at radius 3 is 2.43 bits per heavy atom. The molecule has 148 valence electrons. The molecule has 2 rings (SSSR count). The van der Waals surface area contributed by atoms with Crippen LogP contribution in [-0.2, 0) is 9.53 Å². The minimum absolute atomic E-state index is 0.108. The molecule has 0 aliphatic carbocycles. The van der Waals surface area contributed by atoms with Gasteiger partial charge in [0.1, 0.15) is 0 Å². The third kappa shape index (κ3) is 6.70. The highest BCUT2D eigenvalue weighted by Gasteiger charge is 2.11. The number of halogens is 1. The van der Waals surface area contributed by atoms with E-state index in [1.54, 1.807) is 48.5 Å². The molecule has 2 amide bonds. The maximum atomic E-state index is 12.0. The molecule has 0 saturated carbocycles. The first-order valence-corrected chi connectivity index (χ1v) is 9.49. The van der Waals surface area contributed by atoms with Crippen LogP contribution in [0.25, 0.3) is 0 Å². The quantitative estimate of drug-likeness (QED) is 0.489. The molecule has 0 atom stereocenters. The molecule has 2 N–H and O–H groups in total.